The number of halogens is 10. The van der Waals surface area contributed by atoms with Crippen LogP contribution in [0.2, 0.25) is 0 Å². The first-order chi connectivity index (χ1) is 62.9. The van der Waals surface area contributed by atoms with Crippen LogP contribution in [0.25, 0.3) is 55.6 Å². The Kier molecular flexibility index (Phi) is 35.3. The van der Waals surface area contributed by atoms with E-state index in [1.807, 2.05) is 272 Å². The lowest BCUT2D eigenvalue weighted by Crippen LogP contribution is -1.94. The highest BCUT2D eigenvalue weighted by Gasteiger charge is 2.20. The summed E-state index contributed by atoms with van der Waals surface area (Å²) >= 11 is 0. The van der Waals surface area contributed by atoms with Crippen LogP contribution in [0.3, 0.4) is 0 Å². The molecule has 15 aromatic carbocycles. The molecule has 0 bridgehead atoms. The Morgan fingerprint density at radius 1 is 0.169 bits per heavy atom. The van der Waals surface area contributed by atoms with Crippen LogP contribution in [0, 0.1) is 159 Å². The number of hydrogen-bond acceptors (Lipinski definition) is 0. The molecule has 0 nitrogen and oxygen atoms in total. The minimum Gasteiger partial charge on any atom is -0.203 e. The van der Waals surface area contributed by atoms with Gasteiger partial charge in [-0.05, 0) is 251 Å². The fourth-order valence-electron chi connectivity index (χ4n) is 13.7. The van der Waals surface area contributed by atoms with Crippen LogP contribution in [-0.2, 0) is 25.7 Å². The van der Waals surface area contributed by atoms with Crippen molar-refractivity contribution < 1.29 is 43.9 Å². The Bertz CT molecular complexity index is 6690. The predicted molar refractivity (Wildman–Crippen MR) is 515 cm³/mol. The normalized spacial score (nSPS) is 10.3. The quantitative estimate of drug-likeness (QED) is 0.0545. The second kappa shape index (κ2) is 47.8. The van der Waals surface area contributed by atoms with Gasteiger partial charge in [-0.25, -0.2) is 43.9 Å². The van der Waals surface area contributed by atoms with Gasteiger partial charge in [0.2, 0.25) is 0 Å². The van der Waals surface area contributed by atoms with Crippen LogP contribution in [-0.4, -0.2) is 0 Å². The third-order valence-electron chi connectivity index (χ3n) is 21.6. The van der Waals surface area contributed by atoms with E-state index in [4.69, 9.17) is 0 Å². The van der Waals surface area contributed by atoms with E-state index >= 15 is 0 Å². The SMILES string of the molecule is CCCCCc1ccc(-c2ccc(C#Cc3ccc(C)cc3)c(F)c2F)cc1.CCCCc1ccc(-c2ccc(C#Cc3ccc(C)cc3)c(F)c2F)cc1.CCCc1ccc(-c2ccc(C#Cc3ccc(C)cc3)c(F)c2F)cc1.CCc1ccc(-c2ccc(C#Cc3ccc(C)cc3)c(F)c2F)cc1.Cc1ccc(C#Cc2ccc(-c3ccc(C)cc3)c(F)c2F)cc1. The van der Waals surface area contributed by atoms with Crippen molar-refractivity contribution in [3.05, 3.63) is 473 Å². The molecule has 0 fully saturated rings. The summed E-state index contributed by atoms with van der Waals surface area (Å²) in [5, 5.41) is 0. The Morgan fingerprint density at radius 2 is 0.362 bits per heavy atom. The van der Waals surface area contributed by atoms with E-state index in [0.717, 1.165) is 118 Å². The first-order valence-electron chi connectivity index (χ1n) is 43.6. The zero-order chi connectivity index (χ0) is 92.6. The van der Waals surface area contributed by atoms with Crippen molar-refractivity contribution in [2.24, 2.45) is 0 Å². The summed E-state index contributed by atoms with van der Waals surface area (Å²) in [4.78, 5) is 0. The Labute approximate surface area is 760 Å². The van der Waals surface area contributed by atoms with Crippen molar-refractivity contribution in [3.63, 3.8) is 0 Å². The van der Waals surface area contributed by atoms with Gasteiger partial charge in [0.05, 0.1) is 27.8 Å². The predicted octanol–water partition coefficient (Wildman–Crippen LogP) is 31.6. The topological polar surface area (TPSA) is 0 Å². The van der Waals surface area contributed by atoms with Gasteiger partial charge in [0.25, 0.3) is 0 Å². The van der Waals surface area contributed by atoms with Gasteiger partial charge in [-0.2, -0.15) is 0 Å². The molecule has 0 heterocycles. The van der Waals surface area contributed by atoms with Gasteiger partial charge in [-0.15, -0.1) is 0 Å². The van der Waals surface area contributed by atoms with Gasteiger partial charge in [0.15, 0.2) is 58.2 Å². The summed E-state index contributed by atoms with van der Waals surface area (Å²) in [5.41, 5.74) is 20.2. The maximum Gasteiger partial charge on any atom is 0.175 e. The molecule has 0 aliphatic heterocycles. The zero-order valence-electron chi connectivity index (χ0n) is 74.7. The summed E-state index contributed by atoms with van der Waals surface area (Å²) in [6.45, 7) is 20.4. The molecule has 0 N–H and O–H groups in total. The zero-order valence-corrected chi connectivity index (χ0v) is 74.7. The lowest BCUT2D eigenvalue weighted by Gasteiger charge is -2.07. The van der Waals surface area contributed by atoms with Crippen LogP contribution in [0.1, 0.15) is 177 Å². The smallest absolute Gasteiger partial charge is 0.175 e. The number of rotatable bonds is 15. The fraction of sp³-hybridized carbons (Fsp3) is 0.167. The maximum absolute atomic E-state index is 14.6. The molecule has 0 aliphatic carbocycles. The second-order valence-electron chi connectivity index (χ2n) is 31.8. The summed E-state index contributed by atoms with van der Waals surface area (Å²) in [6.07, 6.45) is 10.7. The molecule has 0 amide bonds. The van der Waals surface area contributed by atoms with Crippen LogP contribution >= 0.6 is 0 Å². The highest BCUT2D eigenvalue weighted by atomic mass is 19.2. The van der Waals surface area contributed by atoms with Crippen LogP contribution in [0.15, 0.2) is 303 Å². The van der Waals surface area contributed by atoms with Gasteiger partial charge < -0.3 is 0 Å². The summed E-state index contributed by atoms with van der Waals surface area (Å²) < 4.78 is 145. The molecule has 0 saturated heterocycles. The van der Waals surface area contributed by atoms with Crippen molar-refractivity contribution in [1.82, 2.24) is 0 Å². The summed E-state index contributed by atoms with van der Waals surface area (Å²) in [7, 11) is 0. The van der Waals surface area contributed by atoms with Crippen LogP contribution < -0.4 is 0 Å². The molecule has 0 atom stereocenters. The number of benzene rings is 15. The minimum absolute atomic E-state index is 0.0592. The Morgan fingerprint density at radius 3 is 0.569 bits per heavy atom. The van der Waals surface area contributed by atoms with E-state index in [2.05, 4.69) is 86.9 Å². The van der Waals surface area contributed by atoms with Crippen molar-refractivity contribution in [2.75, 3.05) is 0 Å². The van der Waals surface area contributed by atoms with Crippen LogP contribution in [0.4, 0.5) is 43.9 Å². The van der Waals surface area contributed by atoms with E-state index in [-0.39, 0.29) is 55.6 Å². The molecule has 15 aromatic rings. The van der Waals surface area contributed by atoms with Gasteiger partial charge in [-0.3, -0.25) is 0 Å². The van der Waals surface area contributed by atoms with Gasteiger partial charge in [0, 0.05) is 55.6 Å². The lowest BCUT2D eigenvalue weighted by atomic mass is 9.99. The van der Waals surface area contributed by atoms with E-state index in [1.165, 1.54) is 47.7 Å². The first kappa shape index (κ1) is 96.0. The minimum atomic E-state index is -0.910. The largest absolute Gasteiger partial charge is 0.203 e. The second-order valence-corrected chi connectivity index (χ2v) is 31.8. The van der Waals surface area contributed by atoms with Crippen molar-refractivity contribution >= 4 is 0 Å². The standard InChI is InChI=1S/C26H24F2.C25H22F2.C24H20F2.C23H18F2.C22H16F2/c1-3-4-5-6-20-11-14-22(15-12-20)24-18-17-23(25(27)26(24)28)16-13-21-9-7-19(2)8-10-21;1-3-4-5-19-10-13-21(14-11-19)23-17-16-22(24(26)25(23)27)15-12-20-8-6-18(2)7-9-20;1-3-4-18-9-12-20(13-10-18)22-16-15-21(23(25)24(22)26)14-11-19-7-5-17(2)6-8-19;1-3-17-8-11-19(12-9-17)21-15-14-20(22(24)23(21)25)13-10-18-6-4-16(2)5-7-18;1-15-3-7-17(8-4-15)9-12-19-13-14-20(22(24)21(19)23)18-10-5-16(2)6-11-18/h7-12,14-15,17-18H,3-6H2,1-2H3;6-11,13-14,16-17H,3-5H2,1-2H3;5-10,12-13,15-16H,3-4H2,1-2H3;4-9,11-12,14-15H,3H2,1-2H3;3-8,10-11,13-14H,1-2H3. The highest BCUT2D eigenvalue weighted by Crippen LogP contribution is 2.33. The summed E-state index contributed by atoms with van der Waals surface area (Å²) in [5.74, 6) is 19.2. The number of unbranched alkanes of at least 4 members (excludes halogenated alkanes) is 3. The van der Waals surface area contributed by atoms with Crippen molar-refractivity contribution in [2.45, 2.75) is 133 Å². The average Bonchev–Trinajstić information content (AvgIpc) is 0.826. The third-order valence-corrected chi connectivity index (χ3v) is 21.6. The molecule has 15 rings (SSSR count). The summed E-state index contributed by atoms with van der Waals surface area (Å²) in [6, 6.07) is 91.4. The molecule has 0 spiro atoms. The molecule has 0 radical (unpaired) electrons. The number of hydrogen-bond donors (Lipinski definition) is 0. The van der Waals surface area contributed by atoms with Gasteiger partial charge >= 0.3 is 0 Å². The van der Waals surface area contributed by atoms with E-state index in [9.17, 15) is 43.9 Å². The van der Waals surface area contributed by atoms with E-state index < -0.39 is 58.2 Å². The molecule has 0 unspecified atom stereocenters. The molecule has 0 saturated carbocycles. The van der Waals surface area contributed by atoms with Gasteiger partial charge in [0.1, 0.15) is 0 Å². The molecular formula is C120H100F10. The van der Waals surface area contributed by atoms with Crippen molar-refractivity contribution in [1.29, 1.82) is 0 Å². The molecular weight excluding hydrogens is 1630 g/mol. The third kappa shape index (κ3) is 27.2. The first-order valence-corrected chi connectivity index (χ1v) is 43.6. The monoisotopic (exact) mass is 1730 g/mol. The number of aryl methyl sites for hydroxylation is 10. The van der Waals surface area contributed by atoms with Crippen LogP contribution in [0.5, 0.6) is 0 Å². The molecule has 0 aliphatic rings. The molecule has 10 heteroatoms. The maximum atomic E-state index is 14.6. The Balaban J connectivity index is 0.000000157. The van der Waals surface area contributed by atoms with Gasteiger partial charge in [-0.1, -0.05) is 328 Å². The molecule has 130 heavy (non-hydrogen) atoms. The van der Waals surface area contributed by atoms with E-state index in [0.29, 0.717) is 27.8 Å². The fourth-order valence-corrected chi connectivity index (χ4v) is 13.7. The van der Waals surface area contributed by atoms with E-state index in [1.54, 1.807) is 54.6 Å². The molecule has 650 valence electrons. The molecule has 0 aromatic heterocycles. The highest BCUT2D eigenvalue weighted by molar-refractivity contribution is 5.71. The Hall–Kier alpha value is -14.6. The van der Waals surface area contributed by atoms with Crippen molar-refractivity contribution in [3.8, 4) is 115 Å². The lowest BCUT2D eigenvalue weighted by molar-refractivity contribution is 0.509. The average molecular weight is 1730 g/mol.